The molecule has 1 aliphatic carbocycles. The number of carbonyl (C=O) groups is 2. The maximum Gasteiger partial charge on any atom is 0.329 e. The third-order valence-corrected chi connectivity index (χ3v) is 8.39. The van der Waals surface area contributed by atoms with Crippen molar-refractivity contribution in [1.29, 1.82) is 0 Å². The predicted molar refractivity (Wildman–Crippen MR) is 113 cm³/mol. The first kappa shape index (κ1) is 22.7. The number of nitrogens with zero attached hydrogens (tertiary/aromatic N) is 2. The molecule has 1 saturated carbocycles. The molecule has 0 bridgehead atoms. The maximum atomic E-state index is 13.1. The van der Waals surface area contributed by atoms with Gasteiger partial charge in [0.25, 0.3) is 5.91 Å². The molecular weight excluding hydrogens is 388 g/mol. The van der Waals surface area contributed by atoms with Gasteiger partial charge in [0.2, 0.25) is 0 Å². The normalized spacial score (nSPS) is 29.3. The summed E-state index contributed by atoms with van der Waals surface area (Å²) < 4.78 is 17.4. The second-order valence-corrected chi connectivity index (χ2v) is 16.2. The van der Waals surface area contributed by atoms with E-state index < -0.39 is 19.4 Å². The number of hydrogen-bond acceptors (Lipinski definition) is 5. The van der Waals surface area contributed by atoms with Crippen molar-refractivity contribution in [2.24, 2.45) is 11.8 Å². The van der Waals surface area contributed by atoms with Crippen LogP contribution in [0.1, 0.15) is 40.0 Å². The Bertz CT molecular complexity index is 627. The van der Waals surface area contributed by atoms with Crippen LogP contribution in [0.2, 0.25) is 25.7 Å². The molecule has 1 spiro atoms. The second-order valence-electron chi connectivity index (χ2n) is 10.6. The quantitative estimate of drug-likeness (QED) is 0.354. The van der Waals surface area contributed by atoms with Crippen molar-refractivity contribution in [3.8, 4) is 0 Å². The molecule has 0 unspecified atom stereocenters. The molecule has 2 saturated heterocycles. The topological polar surface area (TPSA) is 68.3 Å². The summed E-state index contributed by atoms with van der Waals surface area (Å²) >= 11 is 0. The smallest absolute Gasteiger partial charge is 0.329 e. The molecule has 3 fully saturated rings. The maximum absolute atomic E-state index is 13.1. The van der Waals surface area contributed by atoms with Gasteiger partial charge in [-0.25, -0.2) is 9.69 Å². The van der Waals surface area contributed by atoms with E-state index in [0.29, 0.717) is 38.2 Å². The number of rotatable bonds is 7. The van der Waals surface area contributed by atoms with Crippen LogP contribution in [-0.4, -0.2) is 74.2 Å². The molecule has 3 rings (SSSR count). The highest BCUT2D eigenvalue weighted by molar-refractivity contribution is 6.76. The zero-order chi connectivity index (χ0) is 21.4. The number of amides is 3. The molecule has 7 nitrogen and oxygen atoms in total. The average molecular weight is 427 g/mol. The van der Waals surface area contributed by atoms with Gasteiger partial charge in [-0.05, 0) is 38.1 Å². The zero-order valence-corrected chi connectivity index (χ0v) is 20.0. The summed E-state index contributed by atoms with van der Waals surface area (Å²) in [6, 6.07) is 0.788. The van der Waals surface area contributed by atoms with Gasteiger partial charge < -0.3 is 19.1 Å². The van der Waals surface area contributed by atoms with Crippen LogP contribution in [0.25, 0.3) is 0 Å². The SMILES string of the molecule is C[C@@H]1CC2(CC[C@@H]1CN1C(=O)N(COCC[Si](C)(C)C)C(=O)C1(C)C)OCCO2. The molecule has 8 heteroatoms. The van der Waals surface area contributed by atoms with Crippen LogP contribution in [0.4, 0.5) is 4.79 Å². The van der Waals surface area contributed by atoms with Crippen LogP contribution in [-0.2, 0) is 19.0 Å². The second kappa shape index (κ2) is 8.28. The Hall–Kier alpha value is -0.963. The number of hydrogen-bond donors (Lipinski definition) is 0. The summed E-state index contributed by atoms with van der Waals surface area (Å²) in [5.74, 6) is 0.102. The Morgan fingerprint density at radius 3 is 2.41 bits per heavy atom. The van der Waals surface area contributed by atoms with E-state index in [1.807, 2.05) is 13.8 Å². The molecule has 3 aliphatic rings. The van der Waals surface area contributed by atoms with Crippen molar-refractivity contribution >= 4 is 20.0 Å². The minimum absolute atomic E-state index is 0.0487. The number of ether oxygens (including phenoxy) is 3. The van der Waals surface area contributed by atoms with Crippen LogP contribution in [0.3, 0.4) is 0 Å². The van der Waals surface area contributed by atoms with Gasteiger partial charge in [-0.2, -0.15) is 0 Å². The fourth-order valence-electron chi connectivity index (χ4n) is 4.59. The van der Waals surface area contributed by atoms with Crippen molar-refractivity contribution in [1.82, 2.24) is 9.80 Å². The fourth-order valence-corrected chi connectivity index (χ4v) is 5.34. The third kappa shape index (κ3) is 4.86. The largest absolute Gasteiger partial charge is 0.361 e. The standard InChI is InChI=1S/C21H38N2O5Si/c1-16-13-21(27-9-10-28-21)8-7-17(16)14-23-19(25)22(18(24)20(23,2)3)15-26-11-12-29(4,5)6/h16-17H,7-15H2,1-6H3/t16-,17-/m1/s1. The lowest BCUT2D eigenvalue weighted by Gasteiger charge is -2.42. The van der Waals surface area contributed by atoms with Crippen LogP contribution < -0.4 is 0 Å². The highest BCUT2D eigenvalue weighted by Gasteiger charge is 2.53. The minimum atomic E-state index is -1.21. The van der Waals surface area contributed by atoms with E-state index in [1.54, 1.807) is 4.90 Å². The van der Waals surface area contributed by atoms with Crippen LogP contribution in [0.5, 0.6) is 0 Å². The molecule has 0 radical (unpaired) electrons. The average Bonchev–Trinajstić information content (AvgIpc) is 3.12. The van der Waals surface area contributed by atoms with Gasteiger partial charge in [-0.3, -0.25) is 4.79 Å². The first-order valence-corrected chi connectivity index (χ1v) is 14.7. The van der Waals surface area contributed by atoms with E-state index in [9.17, 15) is 9.59 Å². The molecule has 3 amide bonds. The molecule has 2 aliphatic heterocycles. The Morgan fingerprint density at radius 1 is 1.17 bits per heavy atom. The molecule has 0 aromatic heterocycles. The van der Waals surface area contributed by atoms with Crippen molar-refractivity contribution in [3.05, 3.63) is 0 Å². The lowest BCUT2D eigenvalue weighted by molar-refractivity contribution is -0.194. The monoisotopic (exact) mass is 426 g/mol. The predicted octanol–water partition coefficient (Wildman–Crippen LogP) is 3.52. The molecule has 0 aromatic carbocycles. The van der Waals surface area contributed by atoms with Crippen LogP contribution in [0, 0.1) is 11.8 Å². The van der Waals surface area contributed by atoms with E-state index in [0.717, 1.165) is 25.3 Å². The van der Waals surface area contributed by atoms with E-state index in [2.05, 4.69) is 26.6 Å². The Morgan fingerprint density at radius 2 is 1.83 bits per heavy atom. The summed E-state index contributed by atoms with van der Waals surface area (Å²) in [5, 5.41) is 0. The first-order valence-electron chi connectivity index (χ1n) is 10.9. The summed E-state index contributed by atoms with van der Waals surface area (Å²) in [4.78, 5) is 29.0. The Kier molecular flexibility index (Phi) is 6.49. The molecule has 0 aromatic rings. The van der Waals surface area contributed by atoms with Crippen LogP contribution >= 0.6 is 0 Å². The molecular formula is C21H38N2O5Si. The van der Waals surface area contributed by atoms with E-state index >= 15 is 0 Å². The Balaban J connectivity index is 1.59. The van der Waals surface area contributed by atoms with Gasteiger partial charge >= 0.3 is 6.03 Å². The van der Waals surface area contributed by atoms with Gasteiger partial charge in [0.15, 0.2) is 5.79 Å². The summed E-state index contributed by atoms with van der Waals surface area (Å²) in [6.07, 6.45) is 2.63. The van der Waals surface area contributed by atoms with Gasteiger partial charge in [0, 0.05) is 34.1 Å². The first-order chi connectivity index (χ1) is 13.5. The lowest BCUT2D eigenvalue weighted by Crippen LogP contribution is -2.49. The van der Waals surface area contributed by atoms with Crippen molar-refractivity contribution in [2.45, 2.75) is 77.0 Å². The van der Waals surface area contributed by atoms with E-state index in [4.69, 9.17) is 14.2 Å². The fraction of sp³-hybridized carbons (Fsp3) is 0.905. The number of urea groups is 1. The third-order valence-electron chi connectivity index (χ3n) is 6.69. The lowest BCUT2D eigenvalue weighted by atomic mass is 9.76. The zero-order valence-electron chi connectivity index (χ0n) is 19.0. The van der Waals surface area contributed by atoms with Gasteiger partial charge in [0.05, 0.1) is 13.2 Å². The summed E-state index contributed by atoms with van der Waals surface area (Å²) in [7, 11) is -1.21. The van der Waals surface area contributed by atoms with E-state index in [-0.39, 0.29) is 18.7 Å². The van der Waals surface area contributed by atoms with E-state index in [1.165, 1.54) is 4.90 Å². The van der Waals surface area contributed by atoms with Crippen molar-refractivity contribution in [3.63, 3.8) is 0 Å². The molecule has 2 heterocycles. The molecule has 29 heavy (non-hydrogen) atoms. The Labute approximate surface area is 176 Å². The van der Waals surface area contributed by atoms with Gasteiger partial charge in [0.1, 0.15) is 12.3 Å². The number of carbonyl (C=O) groups excluding carboxylic acids is 2. The summed E-state index contributed by atoms with van der Waals surface area (Å²) in [6.45, 7) is 15.3. The van der Waals surface area contributed by atoms with Crippen molar-refractivity contribution < 1.29 is 23.8 Å². The summed E-state index contributed by atoms with van der Waals surface area (Å²) in [5.41, 5.74) is -0.839. The molecule has 0 N–H and O–H groups in total. The van der Waals surface area contributed by atoms with Gasteiger partial charge in [-0.1, -0.05) is 26.6 Å². The molecule has 166 valence electrons. The minimum Gasteiger partial charge on any atom is -0.361 e. The van der Waals surface area contributed by atoms with Gasteiger partial charge in [-0.15, -0.1) is 0 Å². The number of imide groups is 1. The van der Waals surface area contributed by atoms with Crippen LogP contribution in [0.15, 0.2) is 0 Å². The highest BCUT2D eigenvalue weighted by atomic mass is 28.3. The van der Waals surface area contributed by atoms with Crippen molar-refractivity contribution in [2.75, 3.05) is 33.1 Å². The molecule has 2 atom stereocenters. The highest BCUT2D eigenvalue weighted by Crippen LogP contribution is 2.43.